The standard InChI is InChI=1S/C12H17ClN2/c1-9-4-5-10(13)7-12(9)15-8-11-3-2-6-14-11/h4-5,7,11,14-15H,2-3,6,8H2,1H3/p+1/t11-/m1/s1. The maximum atomic E-state index is 5.96. The van der Waals surface area contributed by atoms with Crippen LogP contribution in [0.2, 0.25) is 5.02 Å². The van der Waals surface area contributed by atoms with Gasteiger partial charge < -0.3 is 10.6 Å². The first-order valence-corrected chi connectivity index (χ1v) is 5.97. The molecule has 0 bridgehead atoms. The Balaban J connectivity index is 1.94. The molecule has 1 aromatic rings. The van der Waals surface area contributed by atoms with Gasteiger partial charge >= 0.3 is 0 Å². The van der Waals surface area contributed by atoms with Gasteiger partial charge in [0.2, 0.25) is 0 Å². The van der Waals surface area contributed by atoms with Crippen LogP contribution in [-0.2, 0) is 0 Å². The highest BCUT2D eigenvalue weighted by Crippen LogP contribution is 2.20. The second kappa shape index (κ2) is 4.86. The fraction of sp³-hybridized carbons (Fsp3) is 0.500. The topological polar surface area (TPSA) is 28.6 Å². The molecule has 0 aromatic heterocycles. The molecule has 82 valence electrons. The van der Waals surface area contributed by atoms with Crippen molar-refractivity contribution in [3.05, 3.63) is 28.8 Å². The van der Waals surface area contributed by atoms with Crippen molar-refractivity contribution in [2.45, 2.75) is 25.8 Å². The van der Waals surface area contributed by atoms with Gasteiger partial charge in [-0.2, -0.15) is 0 Å². The summed E-state index contributed by atoms with van der Waals surface area (Å²) in [6, 6.07) is 6.74. The van der Waals surface area contributed by atoms with E-state index in [1.54, 1.807) is 0 Å². The molecule has 0 spiro atoms. The SMILES string of the molecule is Cc1ccc(Cl)cc1NC[C@H]1CCC[NH2+]1. The summed E-state index contributed by atoms with van der Waals surface area (Å²) < 4.78 is 0. The third kappa shape index (κ3) is 2.86. The van der Waals surface area contributed by atoms with Crippen molar-refractivity contribution in [3.8, 4) is 0 Å². The molecule has 1 heterocycles. The minimum atomic E-state index is 0.739. The van der Waals surface area contributed by atoms with E-state index in [4.69, 9.17) is 11.6 Å². The van der Waals surface area contributed by atoms with Gasteiger partial charge in [0.05, 0.1) is 13.1 Å². The third-order valence-electron chi connectivity index (χ3n) is 3.03. The van der Waals surface area contributed by atoms with Crippen LogP contribution in [0.1, 0.15) is 18.4 Å². The van der Waals surface area contributed by atoms with Crippen LogP contribution >= 0.6 is 11.6 Å². The average Bonchev–Trinajstić information content (AvgIpc) is 2.72. The van der Waals surface area contributed by atoms with E-state index in [0.29, 0.717) is 0 Å². The summed E-state index contributed by atoms with van der Waals surface area (Å²) in [5.74, 6) is 0. The Morgan fingerprint density at radius 2 is 2.40 bits per heavy atom. The van der Waals surface area contributed by atoms with E-state index in [-0.39, 0.29) is 0 Å². The van der Waals surface area contributed by atoms with E-state index in [9.17, 15) is 0 Å². The van der Waals surface area contributed by atoms with Gasteiger partial charge in [0.25, 0.3) is 0 Å². The number of aryl methyl sites for hydroxylation is 1. The molecule has 0 saturated carbocycles. The lowest BCUT2D eigenvalue weighted by molar-refractivity contribution is -0.666. The number of nitrogens with two attached hydrogens (primary N) is 1. The van der Waals surface area contributed by atoms with Crippen molar-refractivity contribution in [3.63, 3.8) is 0 Å². The Morgan fingerprint density at radius 3 is 3.13 bits per heavy atom. The summed E-state index contributed by atoms with van der Waals surface area (Å²) in [5.41, 5.74) is 2.43. The van der Waals surface area contributed by atoms with Crippen LogP contribution in [0.15, 0.2) is 18.2 Å². The zero-order valence-corrected chi connectivity index (χ0v) is 9.85. The molecule has 2 rings (SSSR count). The Hall–Kier alpha value is -0.730. The van der Waals surface area contributed by atoms with Crippen LogP contribution in [0.4, 0.5) is 5.69 Å². The van der Waals surface area contributed by atoms with Crippen molar-refractivity contribution in [1.82, 2.24) is 0 Å². The van der Waals surface area contributed by atoms with Crippen molar-refractivity contribution in [2.24, 2.45) is 0 Å². The molecule has 2 nitrogen and oxygen atoms in total. The number of hydrogen-bond donors (Lipinski definition) is 2. The van der Waals surface area contributed by atoms with E-state index in [1.165, 1.54) is 30.6 Å². The molecule has 1 atom stereocenters. The lowest BCUT2D eigenvalue weighted by atomic mass is 10.2. The predicted octanol–water partition coefficient (Wildman–Crippen LogP) is 1.79. The molecule has 1 saturated heterocycles. The third-order valence-corrected chi connectivity index (χ3v) is 3.27. The molecule has 3 N–H and O–H groups in total. The quantitative estimate of drug-likeness (QED) is 0.807. The summed E-state index contributed by atoms with van der Waals surface area (Å²) in [6.45, 7) is 4.43. The van der Waals surface area contributed by atoms with Crippen molar-refractivity contribution in [1.29, 1.82) is 0 Å². The van der Waals surface area contributed by atoms with Crippen LogP contribution in [0.5, 0.6) is 0 Å². The van der Waals surface area contributed by atoms with E-state index in [2.05, 4.69) is 23.6 Å². The molecule has 15 heavy (non-hydrogen) atoms. The molecule has 1 aliphatic rings. The Bertz CT molecular complexity index is 332. The number of hydrogen-bond acceptors (Lipinski definition) is 1. The molecule has 0 unspecified atom stereocenters. The highest BCUT2D eigenvalue weighted by atomic mass is 35.5. The van der Waals surface area contributed by atoms with Gasteiger partial charge in [-0.3, -0.25) is 0 Å². The first kappa shape index (κ1) is 10.8. The first-order valence-electron chi connectivity index (χ1n) is 5.59. The minimum absolute atomic E-state index is 0.739. The molecule has 1 fully saturated rings. The number of anilines is 1. The highest BCUT2D eigenvalue weighted by Gasteiger charge is 2.17. The maximum absolute atomic E-state index is 5.96. The van der Waals surface area contributed by atoms with Gasteiger partial charge in [-0.15, -0.1) is 0 Å². The van der Waals surface area contributed by atoms with Gasteiger partial charge in [0.15, 0.2) is 0 Å². The van der Waals surface area contributed by atoms with Crippen LogP contribution in [0, 0.1) is 6.92 Å². The largest absolute Gasteiger partial charge is 0.379 e. The van der Waals surface area contributed by atoms with Crippen LogP contribution < -0.4 is 10.6 Å². The van der Waals surface area contributed by atoms with E-state index < -0.39 is 0 Å². The number of benzene rings is 1. The summed E-state index contributed by atoms with van der Waals surface area (Å²) in [6.07, 6.45) is 2.67. The first-order chi connectivity index (χ1) is 7.25. The van der Waals surface area contributed by atoms with E-state index >= 15 is 0 Å². The lowest BCUT2D eigenvalue weighted by Gasteiger charge is -2.12. The second-order valence-corrected chi connectivity index (χ2v) is 4.70. The molecule has 1 aliphatic heterocycles. The molecule has 3 heteroatoms. The van der Waals surface area contributed by atoms with Gasteiger partial charge in [0.1, 0.15) is 6.04 Å². The molecule has 0 radical (unpaired) electrons. The zero-order valence-electron chi connectivity index (χ0n) is 9.09. The van der Waals surface area contributed by atoms with E-state index in [0.717, 1.165) is 17.6 Å². The van der Waals surface area contributed by atoms with Crippen molar-refractivity contribution in [2.75, 3.05) is 18.4 Å². The Kier molecular flexibility index (Phi) is 3.49. The van der Waals surface area contributed by atoms with Crippen LogP contribution in [0.3, 0.4) is 0 Å². The van der Waals surface area contributed by atoms with E-state index in [1.807, 2.05) is 12.1 Å². The molecular weight excluding hydrogens is 208 g/mol. The van der Waals surface area contributed by atoms with Crippen LogP contribution in [-0.4, -0.2) is 19.1 Å². The summed E-state index contributed by atoms with van der Waals surface area (Å²) in [4.78, 5) is 0. The van der Waals surface area contributed by atoms with Crippen molar-refractivity contribution < 1.29 is 5.32 Å². The number of rotatable bonds is 3. The van der Waals surface area contributed by atoms with Crippen molar-refractivity contribution >= 4 is 17.3 Å². The van der Waals surface area contributed by atoms with Gasteiger partial charge in [-0.25, -0.2) is 0 Å². The number of quaternary nitrogens is 1. The molecule has 0 amide bonds. The fourth-order valence-electron chi connectivity index (χ4n) is 2.06. The number of nitrogens with one attached hydrogen (secondary N) is 1. The Labute approximate surface area is 96.0 Å². The zero-order chi connectivity index (χ0) is 10.7. The highest BCUT2D eigenvalue weighted by molar-refractivity contribution is 6.30. The smallest absolute Gasteiger partial charge is 0.104 e. The molecular formula is C12H18ClN2+. The second-order valence-electron chi connectivity index (χ2n) is 4.27. The van der Waals surface area contributed by atoms with Gasteiger partial charge in [-0.1, -0.05) is 17.7 Å². The molecule has 1 aromatic carbocycles. The lowest BCUT2D eigenvalue weighted by Crippen LogP contribution is -2.87. The minimum Gasteiger partial charge on any atom is -0.379 e. The van der Waals surface area contributed by atoms with Crippen LogP contribution in [0.25, 0.3) is 0 Å². The summed E-state index contributed by atoms with van der Waals surface area (Å²) in [5, 5.41) is 6.71. The summed E-state index contributed by atoms with van der Waals surface area (Å²) >= 11 is 5.96. The average molecular weight is 226 g/mol. The Morgan fingerprint density at radius 1 is 1.53 bits per heavy atom. The monoisotopic (exact) mass is 225 g/mol. The summed E-state index contributed by atoms with van der Waals surface area (Å²) in [7, 11) is 0. The normalized spacial score (nSPS) is 20.5. The van der Waals surface area contributed by atoms with Gasteiger partial charge in [-0.05, 0) is 24.6 Å². The predicted molar refractivity (Wildman–Crippen MR) is 64.5 cm³/mol. The number of halogens is 1. The molecule has 0 aliphatic carbocycles. The van der Waals surface area contributed by atoms with Gasteiger partial charge in [0, 0.05) is 23.6 Å². The fourth-order valence-corrected chi connectivity index (χ4v) is 2.23. The maximum Gasteiger partial charge on any atom is 0.104 e.